The highest BCUT2D eigenvalue weighted by atomic mass is 16.3. The number of hydrogen-bond donors (Lipinski definition) is 1. The first kappa shape index (κ1) is 12.4. The van der Waals surface area contributed by atoms with Gasteiger partial charge in [-0.05, 0) is 61.7 Å². The fourth-order valence-electron chi connectivity index (χ4n) is 4.01. The topological polar surface area (TPSA) is 20.2 Å². The Morgan fingerprint density at radius 1 is 0.938 bits per heavy atom. The molecule has 0 aliphatic heterocycles. The van der Waals surface area contributed by atoms with Crippen molar-refractivity contribution >= 4 is 0 Å². The molecule has 16 heavy (non-hydrogen) atoms. The summed E-state index contributed by atoms with van der Waals surface area (Å²) >= 11 is 0. The highest BCUT2D eigenvalue weighted by Gasteiger charge is 2.35. The van der Waals surface area contributed by atoms with Crippen LogP contribution >= 0.6 is 0 Å². The first-order valence-electron chi connectivity index (χ1n) is 7.12. The van der Waals surface area contributed by atoms with E-state index >= 15 is 0 Å². The smallest absolute Gasteiger partial charge is 0.0543 e. The summed E-state index contributed by atoms with van der Waals surface area (Å²) in [6, 6.07) is 0. The van der Waals surface area contributed by atoms with E-state index in [4.69, 9.17) is 0 Å². The SMILES string of the molecule is CC(C)(C)CC1CCC2CC(O)CCC2C1. The Hall–Kier alpha value is -0.0400. The Kier molecular flexibility index (Phi) is 3.63. The molecule has 2 aliphatic rings. The zero-order chi connectivity index (χ0) is 11.8. The molecule has 0 aromatic carbocycles. The van der Waals surface area contributed by atoms with Gasteiger partial charge in [0.1, 0.15) is 0 Å². The van der Waals surface area contributed by atoms with Crippen LogP contribution in [0.3, 0.4) is 0 Å². The summed E-state index contributed by atoms with van der Waals surface area (Å²) in [5, 5.41) is 9.70. The lowest BCUT2D eigenvalue weighted by Crippen LogP contribution is -2.33. The van der Waals surface area contributed by atoms with Crippen LogP contribution in [0.4, 0.5) is 0 Å². The highest BCUT2D eigenvalue weighted by Crippen LogP contribution is 2.45. The van der Waals surface area contributed by atoms with Crippen molar-refractivity contribution in [2.45, 2.75) is 71.8 Å². The van der Waals surface area contributed by atoms with Crippen LogP contribution in [-0.4, -0.2) is 11.2 Å². The maximum Gasteiger partial charge on any atom is 0.0543 e. The van der Waals surface area contributed by atoms with Crippen molar-refractivity contribution in [3.63, 3.8) is 0 Å². The fraction of sp³-hybridized carbons (Fsp3) is 1.00. The molecule has 2 rings (SSSR count). The second kappa shape index (κ2) is 4.68. The fourth-order valence-corrected chi connectivity index (χ4v) is 4.01. The average Bonchev–Trinajstić information content (AvgIpc) is 2.16. The minimum atomic E-state index is 0.0143. The third-order valence-corrected chi connectivity index (χ3v) is 4.60. The van der Waals surface area contributed by atoms with Crippen molar-refractivity contribution < 1.29 is 5.11 Å². The van der Waals surface area contributed by atoms with Gasteiger partial charge in [0, 0.05) is 0 Å². The van der Waals surface area contributed by atoms with Gasteiger partial charge in [0.05, 0.1) is 6.10 Å². The van der Waals surface area contributed by atoms with Crippen LogP contribution in [0.1, 0.15) is 65.7 Å². The van der Waals surface area contributed by atoms with Gasteiger partial charge in [-0.1, -0.05) is 27.2 Å². The second-order valence-electron chi connectivity index (χ2n) is 7.43. The standard InChI is InChI=1S/C15H28O/c1-15(2,3)10-11-4-5-13-9-14(16)7-6-12(13)8-11/h11-14,16H,4-10H2,1-3H3. The van der Waals surface area contributed by atoms with Gasteiger partial charge in [-0.25, -0.2) is 0 Å². The van der Waals surface area contributed by atoms with E-state index in [1.807, 2.05) is 0 Å². The molecule has 0 spiro atoms. The molecule has 4 unspecified atom stereocenters. The Morgan fingerprint density at radius 2 is 1.56 bits per heavy atom. The molecule has 2 aliphatic carbocycles. The first-order chi connectivity index (χ1) is 7.44. The van der Waals surface area contributed by atoms with Crippen LogP contribution in [0.2, 0.25) is 0 Å². The molecule has 1 nitrogen and oxygen atoms in total. The largest absolute Gasteiger partial charge is 0.393 e. The molecule has 0 bridgehead atoms. The van der Waals surface area contributed by atoms with Gasteiger partial charge in [-0.15, -0.1) is 0 Å². The molecule has 0 aromatic heterocycles. The minimum absolute atomic E-state index is 0.0143. The highest BCUT2D eigenvalue weighted by molar-refractivity contribution is 4.87. The van der Waals surface area contributed by atoms with E-state index in [-0.39, 0.29) is 6.10 Å². The van der Waals surface area contributed by atoms with Crippen molar-refractivity contribution in [3.8, 4) is 0 Å². The molecule has 0 heterocycles. The molecule has 0 radical (unpaired) electrons. The van der Waals surface area contributed by atoms with E-state index < -0.39 is 0 Å². The second-order valence-corrected chi connectivity index (χ2v) is 7.43. The molecule has 0 saturated heterocycles. The van der Waals surface area contributed by atoms with Crippen molar-refractivity contribution in [3.05, 3.63) is 0 Å². The van der Waals surface area contributed by atoms with Gasteiger partial charge in [-0.3, -0.25) is 0 Å². The zero-order valence-corrected chi connectivity index (χ0v) is 11.2. The number of aliphatic hydroxyl groups is 1. The number of aliphatic hydroxyl groups excluding tert-OH is 1. The summed E-state index contributed by atoms with van der Waals surface area (Å²) in [6.07, 6.45) is 9.06. The quantitative estimate of drug-likeness (QED) is 0.714. The molecule has 94 valence electrons. The number of hydrogen-bond acceptors (Lipinski definition) is 1. The van der Waals surface area contributed by atoms with Gasteiger partial charge < -0.3 is 5.11 Å². The van der Waals surface area contributed by atoms with Crippen LogP contribution < -0.4 is 0 Å². The third kappa shape index (κ3) is 3.23. The lowest BCUT2D eigenvalue weighted by atomic mass is 9.64. The van der Waals surface area contributed by atoms with Gasteiger partial charge in [0.15, 0.2) is 0 Å². The summed E-state index contributed by atoms with van der Waals surface area (Å²) in [5.74, 6) is 2.74. The zero-order valence-electron chi connectivity index (χ0n) is 11.2. The Balaban J connectivity index is 1.86. The summed E-state index contributed by atoms with van der Waals surface area (Å²) in [7, 11) is 0. The van der Waals surface area contributed by atoms with E-state index in [1.54, 1.807) is 0 Å². The van der Waals surface area contributed by atoms with Gasteiger partial charge >= 0.3 is 0 Å². The Bertz CT molecular complexity index is 228. The third-order valence-electron chi connectivity index (χ3n) is 4.60. The van der Waals surface area contributed by atoms with Crippen molar-refractivity contribution in [1.29, 1.82) is 0 Å². The van der Waals surface area contributed by atoms with Crippen LogP contribution in [-0.2, 0) is 0 Å². The molecule has 4 atom stereocenters. The van der Waals surface area contributed by atoms with E-state index in [0.29, 0.717) is 5.41 Å². The predicted octanol–water partition coefficient (Wildman–Crippen LogP) is 4.00. The molecule has 1 N–H and O–H groups in total. The summed E-state index contributed by atoms with van der Waals surface area (Å²) in [6.45, 7) is 7.09. The average molecular weight is 224 g/mol. The van der Waals surface area contributed by atoms with Crippen LogP contribution in [0, 0.1) is 23.2 Å². The van der Waals surface area contributed by atoms with E-state index in [2.05, 4.69) is 20.8 Å². The Labute approximate surface area is 101 Å². The van der Waals surface area contributed by atoms with Crippen molar-refractivity contribution in [2.75, 3.05) is 0 Å². The first-order valence-corrected chi connectivity index (χ1v) is 7.12. The molecule has 0 amide bonds. The molecule has 2 saturated carbocycles. The maximum absolute atomic E-state index is 9.70. The molecule has 0 aromatic rings. The molecule has 2 fully saturated rings. The van der Waals surface area contributed by atoms with Crippen molar-refractivity contribution in [1.82, 2.24) is 0 Å². The van der Waals surface area contributed by atoms with Gasteiger partial charge in [0.2, 0.25) is 0 Å². The van der Waals surface area contributed by atoms with E-state index in [9.17, 15) is 5.11 Å². The molecular formula is C15H28O. The molecule has 1 heteroatoms. The summed E-state index contributed by atoms with van der Waals surface area (Å²) in [4.78, 5) is 0. The predicted molar refractivity (Wildman–Crippen MR) is 68.3 cm³/mol. The lowest BCUT2D eigenvalue weighted by Gasteiger charge is -2.42. The van der Waals surface area contributed by atoms with E-state index in [0.717, 1.165) is 30.6 Å². The van der Waals surface area contributed by atoms with Crippen LogP contribution in [0.15, 0.2) is 0 Å². The summed E-state index contributed by atoms with van der Waals surface area (Å²) in [5.41, 5.74) is 0.492. The lowest BCUT2D eigenvalue weighted by molar-refractivity contribution is 0.0289. The number of rotatable bonds is 1. The molecular weight excluding hydrogens is 196 g/mol. The summed E-state index contributed by atoms with van der Waals surface area (Å²) < 4.78 is 0. The number of fused-ring (bicyclic) bond motifs is 1. The van der Waals surface area contributed by atoms with Crippen LogP contribution in [0.25, 0.3) is 0 Å². The Morgan fingerprint density at radius 3 is 2.25 bits per heavy atom. The van der Waals surface area contributed by atoms with Crippen LogP contribution in [0.5, 0.6) is 0 Å². The van der Waals surface area contributed by atoms with Gasteiger partial charge in [0.25, 0.3) is 0 Å². The minimum Gasteiger partial charge on any atom is -0.393 e. The van der Waals surface area contributed by atoms with E-state index in [1.165, 1.54) is 32.1 Å². The van der Waals surface area contributed by atoms with Crippen molar-refractivity contribution in [2.24, 2.45) is 23.2 Å². The maximum atomic E-state index is 9.70. The van der Waals surface area contributed by atoms with Gasteiger partial charge in [-0.2, -0.15) is 0 Å². The monoisotopic (exact) mass is 224 g/mol. The normalized spacial score (nSPS) is 40.5.